The van der Waals surface area contributed by atoms with E-state index in [0.717, 1.165) is 35.3 Å². The van der Waals surface area contributed by atoms with Crippen molar-refractivity contribution in [2.45, 2.75) is 32.8 Å². The van der Waals surface area contributed by atoms with Crippen molar-refractivity contribution >= 4 is 0 Å². The van der Waals surface area contributed by atoms with Crippen LogP contribution in [0.5, 0.6) is 5.75 Å². The highest BCUT2D eigenvalue weighted by Crippen LogP contribution is 2.26. The van der Waals surface area contributed by atoms with E-state index in [-0.39, 0.29) is 5.82 Å². The maximum absolute atomic E-state index is 13.1. The molecule has 0 spiro atoms. The van der Waals surface area contributed by atoms with Gasteiger partial charge in [-0.3, -0.25) is 0 Å². The molecule has 1 atom stereocenters. The van der Waals surface area contributed by atoms with Gasteiger partial charge in [-0.25, -0.2) is 4.39 Å². The van der Waals surface area contributed by atoms with E-state index in [1.54, 1.807) is 13.0 Å². The zero-order valence-corrected chi connectivity index (χ0v) is 12.5. The molecule has 1 unspecified atom stereocenters. The van der Waals surface area contributed by atoms with Gasteiger partial charge in [-0.1, -0.05) is 31.5 Å². The van der Waals surface area contributed by atoms with Gasteiger partial charge in [0.05, 0.1) is 6.61 Å². The first-order valence-electron chi connectivity index (χ1n) is 7.28. The molecule has 2 nitrogen and oxygen atoms in total. The second-order valence-electron chi connectivity index (χ2n) is 5.17. The number of aliphatic hydroxyl groups is 1. The van der Waals surface area contributed by atoms with Crippen LogP contribution in [-0.2, 0) is 0 Å². The molecule has 0 aromatic heterocycles. The Kier molecular flexibility index (Phi) is 5.34. The lowest BCUT2D eigenvalue weighted by Crippen LogP contribution is -2.03. The van der Waals surface area contributed by atoms with Gasteiger partial charge >= 0.3 is 0 Å². The predicted molar refractivity (Wildman–Crippen MR) is 82.0 cm³/mol. The van der Waals surface area contributed by atoms with Crippen molar-refractivity contribution in [2.75, 3.05) is 6.61 Å². The molecular weight excluding hydrogens is 267 g/mol. The van der Waals surface area contributed by atoms with Gasteiger partial charge < -0.3 is 9.84 Å². The fourth-order valence-corrected chi connectivity index (χ4v) is 2.21. The monoisotopic (exact) mass is 288 g/mol. The predicted octanol–water partition coefficient (Wildman–Crippen LogP) is 4.39. The van der Waals surface area contributed by atoms with Gasteiger partial charge in [0.2, 0.25) is 0 Å². The van der Waals surface area contributed by atoms with Gasteiger partial charge in [0, 0.05) is 0 Å². The van der Waals surface area contributed by atoms with Crippen LogP contribution in [0.2, 0.25) is 0 Å². The number of hydrogen-bond donors (Lipinski definition) is 1. The lowest BCUT2D eigenvalue weighted by Gasteiger charge is -2.15. The number of rotatable bonds is 6. The van der Waals surface area contributed by atoms with Crippen molar-refractivity contribution < 1.29 is 14.2 Å². The number of aryl methyl sites for hydroxylation is 1. The molecule has 0 fully saturated rings. The van der Waals surface area contributed by atoms with E-state index in [1.165, 1.54) is 12.1 Å². The second-order valence-corrected chi connectivity index (χ2v) is 5.17. The molecule has 0 radical (unpaired) electrons. The van der Waals surface area contributed by atoms with Crippen LogP contribution in [0, 0.1) is 12.7 Å². The average molecular weight is 288 g/mol. The molecule has 21 heavy (non-hydrogen) atoms. The molecule has 2 rings (SSSR count). The number of unbranched alkanes of at least 4 members (excludes halogenated alkanes) is 1. The first-order chi connectivity index (χ1) is 10.1. The Hall–Kier alpha value is -1.87. The normalized spacial score (nSPS) is 12.2. The van der Waals surface area contributed by atoms with Crippen molar-refractivity contribution in [2.24, 2.45) is 0 Å². The van der Waals surface area contributed by atoms with Crippen molar-refractivity contribution in [3.05, 3.63) is 65.0 Å². The van der Waals surface area contributed by atoms with Gasteiger partial charge in [0.15, 0.2) is 0 Å². The summed E-state index contributed by atoms with van der Waals surface area (Å²) in [6, 6.07) is 11.8. The minimum absolute atomic E-state index is 0.289. The number of benzene rings is 2. The Morgan fingerprint density at radius 3 is 2.48 bits per heavy atom. The molecule has 112 valence electrons. The summed E-state index contributed by atoms with van der Waals surface area (Å²) in [6.45, 7) is 4.62. The third-order valence-corrected chi connectivity index (χ3v) is 3.49. The largest absolute Gasteiger partial charge is 0.494 e. The lowest BCUT2D eigenvalue weighted by atomic mass is 9.97. The quantitative estimate of drug-likeness (QED) is 0.799. The molecule has 1 N–H and O–H groups in total. The van der Waals surface area contributed by atoms with Crippen molar-refractivity contribution in [1.29, 1.82) is 0 Å². The standard InChI is InChI=1S/C18H21FO2/c1-3-4-11-21-16-8-5-14(6-9-16)18(20)17-10-7-15(19)12-13(17)2/h5-10,12,18,20H,3-4,11H2,1-2H3. The fourth-order valence-electron chi connectivity index (χ4n) is 2.21. The molecule has 0 aliphatic heterocycles. The van der Waals surface area contributed by atoms with Crippen LogP contribution >= 0.6 is 0 Å². The van der Waals surface area contributed by atoms with E-state index in [9.17, 15) is 9.50 Å². The summed E-state index contributed by atoms with van der Waals surface area (Å²) in [5.41, 5.74) is 2.23. The zero-order valence-electron chi connectivity index (χ0n) is 12.5. The zero-order chi connectivity index (χ0) is 15.2. The average Bonchev–Trinajstić information content (AvgIpc) is 2.48. The molecule has 0 saturated heterocycles. The van der Waals surface area contributed by atoms with Crippen LogP contribution in [0.15, 0.2) is 42.5 Å². The molecule has 0 amide bonds. The smallest absolute Gasteiger partial charge is 0.123 e. The van der Waals surface area contributed by atoms with Crippen molar-refractivity contribution in [1.82, 2.24) is 0 Å². The van der Waals surface area contributed by atoms with E-state index in [2.05, 4.69) is 6.92 Å². The summed E-state index contributed by atoms with van der Waals surface area (Å²) in [4.78, 5) is 0. The highest BCUT2D eigenvalue weighted by atomic mass is 19.1. The number of ether oxygens (including phenoxy) is 1. The van der Waals surface area contributed by atoms with Gasteiger partial charge in [-0.2, -0.15) is 0 Å². The summed E-state index contributed by atoms with van der Waals surface area (Å²) >= 11 is 0. The summed E-state index contributed by atoms with van der Waals surface area (Å²) in [6.07, 6.45) is 1.37. The van der Waals surface area contributed by atoms with E-state index < -0.39 is 6.10 Å². The van der Waals surface area contributed by atoms with E-state index in [1.807, 2.05) is 24.3 Å². The fraction of sp³-hybridized carbons (Fsp3) is 0.333. The Bertz CT molecular complexity index is 578. The van der Waals surface area contributed by atoms with Crippen LogP contribution in [0.25, 0.3) is 0 Å². The molecule has 3 heteroatoms. The van der Waals surface area contributed by atoms with Crippen LogP contribution < -0.4 is 4.74 Å². The molecule has 2 aromatic rings. The van der Waals surface area contributed by atoms with E-state index in [0.29, 0.717) is 6.61 Å². The topological polar surface area (TPSA) is 29.5 Å². The van der Waals surface area contributed by atoms with E-state index in [4.69, 9.17) is 4.74 Å². The summed E-state index contributed by atoms with van der Waals surface area (Å²) in [5.74, 6) is 0.512. The number of hydrogen-bond acceptors (Lipinski definition) is 2. The molecule has 0 aliphatic carbocycles. The maximum atomic E-state index is 13.1. The van der Waals surface area contributed by atoms with Crippen LogP contribution in [0.3, 0.4) is 0 Å². The Morgan fingerprint density at radius 2 is 1.86 bits per heavy atom. The third kappa shape index (κ3) is 4.05. The maximum Gasteiger partial charge on any atom is 0.123 e. The van der Waals surface area contributed by atoms with Gasteiger partial charge in [-0.05, 0) is 54.3 Å². The number of aliphatic hydroxyl groups excluding tert-OH is 1. The highest BCUT2D eigenvalue weighted by molar-refractivity contribution is 5.37. The van der Waals surface area contributed by atoms with Crippen LogP contribution in [0.4, 0.5) is 4.39 Å². The first-order valence-corrected chi connectivity index (χ1v) is 7.28. The lowest BCUT2D eigenvalue weighted by molar-refractivity contribution is 0.219. The third-order valence-electron chi connectivity index (χ3n) is 3.49. The molecule has 0 heterocycles. The molecule has 2 aromatic carbocycles. The summed E-state index contributed by atoms with van der Waals surface area (Å²) in [7, 11) is 0. The van der Waals surface area contributed by atoms with Crippen LogP contribution in [0.1, 0.15) is 42.6 Å². The molecular formula is C18H21FO2. The van der Waals surface area contributed by atoms with Gasteiger partial charge in [0.25, 0.3) is 0 Å². The second kappa shape index (κ2) is 7.23. The van der Waals surface area contributed by atoms with Crippen molar-refractivity contribution in [3.63, 3.8) is 0 Å². The molecule has 0 aliphatic rings. The van der Waals surface area contributed by atoms with Gasteiger partial charge in [0.1, 0.15) is 17.7 Å². The molecule has 0 saturated carbocycles. The summed E-state index contributed by atoms with van der Waals surface area (Å²) < 4.78 is 18.7. The number of halogens is 1. The van der Waals surface area contributed by atoms with Crippen molar-refractivity contribution in [3.8, 4) is 5.75 Å². The minimum atomic E-state index is -0.754. The van der Waals surface area contributed by atoms with Gasteiger partial charge in [-0.15, -0.1) is 0 Å². The van der Waals surface area contributed by atoms with E-state index >= 15 is 0 Å². The highest BCUT2D eigenvalue weighted by Gasteiger charge is 2.13. The minimum Gasteiger partial charge on any atom is -0.494 e. The Balaban J connectivity index is 2.10. The Morgan fingerprint density at radius 1 is 1.14 bits per heavy atom. The summed E-state index contributed by atoms with van der Waals surface area (Å²) in [5, 5.41) is 10.4. The molecule has 0 bridgehead atoms. The SMILES string of the molecule is CCCCOc1ccc(C(O)c2ccc(F)cc2C)cc1. The Labute approximate surface area is 125 Å². The first kappa shape index (κ1) is 15.5. The van der Waals surface area contributed by atoms with Crippen LogP contribution in [-0.4, -0.2) is 11.7 Å².